The Morgan fingerprint density at radius 1 is 1.73 bits per heavy atom. The van der Waals surface area contributed by atoms with Gasteiger partial charge in [0.2, 0.25) is 0 Å². The minimum absolute atomic E-state index is 0.384. The highest BCUT2D eigenvalue weighted by Crippen LogP contribution is 2.41. The highest BCUT2D eigenvalue weighted by molar-refractivity contribution is 5.59. The molecule has 2 heteroatoms. The monoisotopic (exact) mass is 149 g/mol. The molecule has 2 nitrogen and oxygen atoms in total. The number of nitrogens with one attached hydrogen (secondary N) is 1. The van der Waals surface area contributed by atoms with Crippen LogP contribution in [0.25, 0.3) is 0 Å². The molecule has 1 N–H and O–H groups in total. The predicted octanol–water partition coefficient (Wildman–Crippen LogP) is 1.57. The Morgan fingerprint density at radius 3 is 3.27 bits per heavy atom. The molecule has 0 aromatic heterocycles. The van der Waals surface area contributed by atoms with Crippen molar-refractivity contribution in [2.45, 2.75) is 32.7 Å². The van der Waals surface area contributed by atoms with Crippen molar-refractivity contribution in [2.75, 3.05) is 0 Å². The van der Waals surface area contributed by atoms with Crippen LogP contribution < -0.4 is 5.32 Å². The summed E-state index contributed by atoms with van der Waals surface area (Å²) >= 11 is 0. The minimum Gasteiger partial charge on any atom is -0.360 e. The maximum atomic E-state index is 3.96. The lowest BCUT2D eigenvalue weighted by atomic mass is 9.86. The second-order valence-corrected chi connectivity index (χ2v) is 4.01. The lowest BCUT2D eigenvalue weighted by molar-refractivity contribution is 0.327. The smallest absolute Gasteiger partial charge is 0.169 e. The largest absolute Gasteiger partial charge is 0.360 e. The van der Waals surface area contributed by atoms with E-state index in [1.165, 1.54) is 18.4 Å². The Labute approximate surface area is 67.4 Å². The molecule has 0 bridgehead atoms. The van der Waals surface area contributed by atoms with Gasteiger partial charge in [0.15, 0.2) is 6.34 Å². The van der Waals surface area contributed by atoms with Gasteiger partial charge < -0.3 is 5.32 Å². The van der Waals surface area contributed by atoms with Crippen molar-refractivity contribution in [2.24, 2.45) is 10.4 Å². The molecule has 0 aromatic rings. The molecule has 1 atom stereocenters. The summed E-state index contributed by atoms with van der Waals surface area (Å²) in [6, 6.07) is 0.486. The van der Waals surface area contributed by atoms with Crippen molar-refractivity contribution in [3.8, 4) is 0 Å². The third kappa shape index (κ3) is 0.971. The predicted molar refractivity (Wildman–Crippen MR) is 45.5 cm³/mol. The van der Waals surface area contributed by atoms with E-state index >= 15 is 0 Å². The van der Waals surface area contributed by atoms with Crippen molar-refractivity contribution < 1.29 is 0 Å². The molecule has 0 aromatic carbocycles. The summed E-state index contributed by atoms with van der Waals surface area (Å²) in [5, 5.41) is 3.19. The van der Waals surface area contributed by atoms with Gasteiger partial charge in [0.05, 0.1) is 6.04 Å². The van der Waals surface area contributed by atoms with Crippen LogP contribution in [0.1, 0.15) is 26.7 Å². The molecule has 1 saturated carbocycles. The second kappa shape index (κ2) is 2.10. The van der Waals surface area contributed by atoms with Crippen molar-refractivity contribution in [1.82, 2.24) is 5.32 Å². The summed E-state index contributed by atoms with van der Waals surface area (Å²) < 4.78 is 0. The Hall–Kier alpha value is -0.790. The first-order chi connectivity index (χ1) is 5.20. The number of hydrogen-bond donors (Lipinski definition) is 1. The van der Waals surface area contributed by atoms with Gasteiger partial charge >= 0.3 is 0 Å². The lowest BCUT2D eigenvalue weighted by Crippen LogP contribution is -2.39. The molecule has 1 radical (unpaired) electrons. The summed E-state index contributed by atoms with van der Waals surface area (Å²) in [6.07, 6.45) is 7.21. The summed E-state index contributed by atoms with van der Waals surface area (Å²) in [6.45, 7) is 4.58. The number of hydrogen-bond acceptors (Lipinski definition) is 2. The summed E-state index contributed by atoms with van der Waals surface area (Å²) in [7, 11) is 0. The van der Waals surface area contributed by atoms with Crippen LogP contribution in [0.3, 0.4) is 0 Å². The van der Waals surface area contributed by atoms with Crippen LogP contribution in [0.2, 0.25) is 0 Å². The molecule has 1 heterocycles. The van der Waals surface area contributed by atoms with Crippen molar-refractivity contribution >= 4 is 6.34 Å². The van der Waals surface area contributed by atoms with Crippen LogP contribution in [0.4, 0.5) is 0 Å². The van der Waals surface area contributed by atoms with Crippen molar-refractivity contribution in [3.05, 3.63) is 11.8 Å². The third-order valence-electron chi connectivity index (χ3n) is 2.71. The first-order valence-electron chi connectivity index (χ1n) is 4.09. The molecule has 2 rings (SSSR count). The number of rotatable bonds is 0. The Balaban J connectivity index is 2.29. The molecule has 1 aliphatic heterocycles. The van der Waals surface area contributed by atoms with E-state index in [0.29, 0.717) is 11.5 Å². The van der Waals surface area contributed by atoms with Crippen LogP contribution >= 0.6 is 0 Å². The maximum absolute atomic E-state index is 3.96. The van der Waals surface area contributed by atoms with E-state index in [2.05, 4.69) is 30.5 Å². The van der Waals surface area contributed by atoms with Crippen LogP contribution in [0.15, 0.2) is 16.8 Å². The first kappa shape index (κ1) is 6.89. The molecular formula is C9H13N2. The molecule has 1 aliphatic carbocycles. The molecule has 0 saturated heterocycles. The fourth-order valence-corrected chi connectivity index (χ4v) is 1.90. The fourth-order valence-electron chi connectivity index (χ4n) is 1.90. The van der Waals surface area contributed by atoms with Crippen LogP contribution in [-0.2, 0) is 0 Å². The zero-order valence-electron chi connectivity index (χ0n) is 7.02. The normalized spacial score (nSPS) is 32.5. The summed E-state index contributed by atoms with van der Waals surface area (Å²) in [5.74, 6) is 0. The van der Waals surface area contributed by atoms with Crippen LogP contribution in [0.5, 0.6) is 0 Å². The number of fused-ring (bicyclic) bond motifs is 1. The molecular weight excluding hydrogens is 136 g/mol. The first-order valence-corrected chi connectivity index (χ1v) is 4.09. The molecule has 0 amide bonds. The van der Waals surface area contributed by atoms with Gasteiger partial charge in [0, 0.05) is 6.20 Å². The Bertz CT molecular complexity index is 226. The van der Waals surface area contributed by atoms with Gasteiger partial charge in [-0.1, -0.05) is 13.8 Å². The van der Waals surface area contributed by atoms with E-state index in [9.17, 15) is 0 Å². The van der Waals surface area contributed by atoms with Crippen LogP contribution in [-0.4, -0.2) is 12.4 Å². The van der Waals surface area contributed by atoms with E-state index in [0.717, 1.165) is 0 Å². The number of aliphatic imine (C=N–C) groups is 1. The highest BCUT2D eigenvalue weighted by Gasteiger charge is 2.38. The zero-order valence-corrected chi connectivity index (χ0v) is 7.02. The average Bonchev–Trinajstić information content (AvgIpc) is 2.29. The maximum Gasteiger partial charge on any atom is 0.169 e. The summed E-state index contributed by atoms with van der Waals surface area (Å²) in [5.41, 5.74) is 1.82. The second-order valence-electron chi connectivity index (χ2n) is 4.01. The SMILES string of the molecule is CC1(C)CCC2=CN=[C]NC21. The van der Waals surface area contributed by atoms with E-state index < -0.39 is 0 Å². The van der Waals surface area contributed by atoms with Crippen LogP contribution in [0, 0.1) is 5.41 Å². The van der Waals surface area contributed by atoms with Gasteiger partial charge in [0.1, 0.15) is 0 Å². The van der Waals surface area contributed by atoms with E-state index in [1.54, 1.807) is 0 Å². The van der Waals surface area contributed by atoms with Gasteiger partial charge in [-0.05, 0) is 23.8 Å². The van der Waals surface area contributed by atoms with E-state index in [1.807, 2.05) is 6.20 Å². The van der Waals surface area contributed by atoms with Crippen molar-refractivity contribution in [1.29, 1.82) is 0 Å². The van der Waals surface area contributed by atoms with Gasteiger partial charge in [0.25, 0.3) is 0 Å². The highest BCUT2D eigenvalue weighted by atomic mass is 15.0. The van der Waals surface area contributed by atoms with Gasteiger partial charge in [-0.2, -0.15) is 0 Å². The number of nitrogens with zero attached hydrogens (tertiary/aromatic N) is 1. The molecule has 2 aliphatic rings. The average molecular weight is 149 g/mol. The Morgan fingerprint density at radius 2 is 2.55 bits per heavy atom. The zero-order chi connectivity index (χ0) is 7.90. The Kier molecular flexibility index (Phi) is 1.31. The standard InChI is InChI=1S/C9H13N2/c1-9(2)4-3-7-5-10-6-11-8(7)9/h5,8H,3-4H2,1-2H3,(H,10,11). The minimum atomic E-state index is 0.384. The van der Waals surface area contributed by atoms with E-state index in [-0.39, 0.29) is 0 Å². The molecule has 0 spiro atoms. The molecule has 11 heavy (non-hydrogen) atoms. The van der Waals surface area contributed by atoms with Gasteiger partial charge in [-0.15, -0.1) is 0 Å². The fraction of sp³-hybridized carbons (Fsp3) is 0.667. The lowest BCUT2D eigenvalue weighted by Gasteiger charge is -2.28. The molecule has 59 valence electrons. The van der Waals surface area contributed by atoms with Gasteiger partial charge in [-0.25, -0.2) is 4.99 Å². The molecule has 1 unspecified atom stereocenters. The van der Waals surface area contributed by atoms with E-state index in [4.69, 9.17) is 0 Å². The topological polar surface area (TPSA) is 24.4 Å². The van der Waals surface area contributed by atoms with Crippen molar-refractivity contribution in [3.63, 3.8) is 0 Å². The molecule has 1 fully saturated rings. The van der Waals surface area contributed by atoms with Gasteiger partial charge in [-0.3, -0.25) is 0 Å². The third-order valence-corrected chi connectivity index (χ3v) is 2.71. The quantitative estimate of drug-likeness (QED) is 0.555. The summed E-state index contributed by atoms with van der Waals surface area (Å²) in [4.78, 5) is 3.96.